The molecule has 4 rings (SSSR count). The van der Waals surface area contributed by atoms with Crippen LogP contribution in [0.2, 0.25) is 0 Å². The molecule has 0 atom stereocenters. The van der Waals surface area contributed by atoms with Crippen LogP contribution in [0, 0.1) is 6.92 Å². The molecule has 25 heavy (non-hydrogen) atoms. The summed E-state index contributed by atoms with van der Waals surface area (Å²) in [5.41, 5.74) is 3.36. The molecule has 8 nitrogen and oxygen atoms in total. The van der Waals surface area contributed by atoms with Crippen molar-refractivity contribution in [3.05, 3.63) is 48.5 Å². The zero-order valence-electron chi connectivity index (χ0n) is 14.0. The number of aryl methyl sites for hydroxylation is 1. The van der Waals surface area contributed by atoms with Crippen LogP contribution in [0.1, 0.15) is 5.69 Å². The molecule has 0 radical (unpaired) electrons. The fourth-order valence-electron chi connectivity index (χ4n) is 2.58. The summed E-state index contributed by atoms with van der Waals surface area (Å²) in [7, 11) is 3.52. The van der Waals surface area contributed by atoms with Gasteiger partial charge < -0.3 is 9.26 Å². The maximum Gasteiger partial charge on any atom is 0.185 e. The van der Waals surface area contributed by atoms with Crippen molar-refractivity contribution < 1.29 is 9.26 Å². The molecule has 0 bridgehead atoms. The predicted octanol–water partition coefficient (Wildman–Crippen LogP) is 2.64. The Morgan fingerprint density at radius 2 is 1.92 bits per heavy atom. The molecule has 0 N–H and O–H groups in total. The first kappa shape index (κ1) is 15.1. The van der Waals surface area contributed by atoms with E-state index < -0.39 is 0 Å². The van der Waals surface area contributed by atoms with Crippen LogP contribution in [-0.4, -0.2) is 36.8 Å². The number of hydrogen-bond donors (Lipinski definition) is 0. The smallest absolute Gasteiger partial charge is 0.185 e. The quantitative estimate of drug-likeness (QED) is 0.570. The van der Waals surface area contributed by atoms with Crippen molar-refractivity contribution in [1.29, 1.82) is 0 Å². The van der Waals surface area contributed by atoms with Crippen molar-refractivity contribution in [3.8, 4) is 34.3 Å². The van der Waals surface area contributed by atoms with Gasteiger partial charge in [-0.15, -0.1) is 0 Å². The Labute approximate surface area is 143 Å². The molecule has 0 spiro atoms. The van der Waals surface area contributed by atoms with Crippen LogP contribution in [0.5, 0.6) is 5.75 Å². The van der Waals surface area contributed by atoms with Crippen LogP contribution in [0.3, 0.4) is 0 Å². The van der Waals surface area contributed by atoms with E-state index in [9.17, 15) is 0 Å². The van der Waals surface area contributed by atoms with Crippen molar-refractivity contribution in [2.24, 2.45) is 7.05 Å². The van der Waals surface area contributed by atoms with Crippen LogP contribution in [0.15, 0.2) is 47.4 Å². The molecule has 0 fully saturated rings. The van der Waals surface area contributed by atoms with E-state index in [4.69, 9.17) is 9.26 Å². The van der Waals surface area contributed by atoms with E-state index >= 15 is 0 Å². The summed E-state index contributed by atoms with van der Waals surface area (Å²) in [4.78, 5) is 4.32. The molecule has 0 aliphatic rings. The standard InChI is InChI=1S/C17H16N6O2/c1-11-14(9-19-22(11)2)16-8-15(21-25-16)17-18-10-20-23(17)12-4-6-13(24-3)7-5-12/h4-10H,1-3H3. The Balaban J connectivity index is 1.72. The first-order valence-electron chi connectivity index (χ1n) is 7.68. The zero-order chi connectivity index (χ0) is 17.4. The van der Waals surface area contributed by atoms with Crippen molar-refractivity contribution in [1.82, 2.24) is 29.7 Å². The molecule has 1 aromatic carbocycles. The van der Waals surface area contributed by atoms with Gasteiger partial charge in [0.15, 0.2) is 17.3 Å². The number of nitrogens with zero attached hydrogens (tertiary/aromatic N) is 6. The highest BCUT2D eigenvalue weighted by Gasteiger charge is 2.17. The predicted molar refractivity (Wildman–Crippen MR) is 90.3 cm³/mol. The molecule has 0 aliphatic heterocycles. The van der Waals surface area contributed by atoms with Crippen LogP contribution >= 0.6 is 0 Å². The summed E-state index contributed by atoms with van der Waals surface area (Å²) in [5.74, 6) is 2.02. The van der Waals surface area contributed by atoms with E-state index in [2.05, 4.69) is 20.3 Å². The van der Waals surface area contributed by atoms with Crippen molar-refractivity contribution in [3.63, 3.8) is 0 Å². The van der Waals surface area contributed by atoms with Gasteiger partial charge in [-0.1, -0.05) is 5.16 Å². The van der Waals surface area contributed by atoms with Gasteiger partial charge >= 0.3 is 0 Å². The minimum absolute atomic E-state index is 0.599. The van der Waals surface area contributed by atoms with Crippen LogP contribution in [0.4, 0.5) is 0 Å². The maximum atomic E-state index is 5.49. The van der Waals surface area contributed by atoms with E-state index in [-0.39, 0.29) is 0 Å². The minimum Gasteiger partial charge on any atom is -0.497 e. The highest BCUT2D eigenvalue weighted by molar-refractivity contribution is 5.65. The van der Waals surface area contributed by atoms with Crippen molar-refractivity contribution >= 4 is 0 Å². The van der Waals surface area contributed by atoms with Gasteiger partial charge in [0.2, 0.25) is 0 Å². The Hall–Kier alpha value is -3.42. The van der Waals surface area contributed by atoms with Gasteiger partial charge in [0.05, 0.1) is 24.6 Å². The summed E-state index contributed by atoms with van der Waals surface area (Å²) in [6.45, 7) is 1.98. The lowest BCUT2D eigenvalue weighted by molar-refractivity contribution is 0.414. The van der Waals surface area contributed by atoms with Gasteiger partial charge in [-0.05, 0) is 31.2 Å². The molecule has 126 valence electrons. The summed E-state index contributed by atoms with van der Waals surface area (Å²) >= 11 is 0. The maximum absolute atomic E-state index is 5.49. The lowest BCUT2D eigenvalue weighted by Crippen LogP contribution is -1.99. The Morgan fingerprint density at radius 3 is 2.60 bits per heavy atom. The van der Waals surface area contributed by atoms with E-state index in [1.165, 1.54) is 6.33 Å². The molecule has 0 unspecified atom stereocenters. The Bertz CT molecular complexity index is 1010. The SMILES string of the molecule is COc1ccc(-n2ncnc2-c2cc(-c3cnn(C)c3C)on2)cc1. The number of methoxy groups -OCH3 is 1. The molecular weight excluding hydrogens is 320 g/mol. The number of hydrogen-bond acceptors (Lipinski definition) is 6. The summed E-state index contributed by atoms with van der Waals surface area (Å²) < 4.78 is 14.2. The van der Waals surface area contributed by atoms with Crippen molar-refractivity contribution in [2.75, 3.05) is 7.11 Å². The summed E-state index contributed by atoms with van der Waals surface area (Å²) in [6.07, 6.45) is 3.25. The van der Waals surface area contributed by atoms with Gasteiger partial charge in [0.25, 0.3) is 0 Å². The molecule has 3 aromatic heterocycles. The average Bonchev–Trinajstić information content (AvgIpc) is 3.36. The highest BCUT2D eigenvalue weighted by Crippen LogP contribution is 2.28. The second-order valence-corrected chi connectivity index (χ2v) is 5.54. The fourth-order valence-corrected chi connectivity index (χ4v) is 2.58. The first-order valence-corrected chi connectivity index (χ1v) is 7.68. The lowest BCUT2D eigenvalue weighted by Gasteiger charge is -2.05. The summed E-state index contributed by atoms with van der Waals surface area (Å²) in [5, 5.41) is 12.7. The van der Waals surface area contributed by atoms with Crippen LogP contribution in [-0.2, 0) is 7.05 Å². The molecule has 3 heterocycles. The lowest BCUT2D eigenvalue weighted by atomic mass is 10.2. The van der Waals surface area contributed by atoms with E-state index in [1.807, 2.05) is 44.3 Å². The second-order valence-electron chi connectivity index (χ2n) is 5.54. The topological polar surface area (TPSA) is 83.8 Å². The van der Waals surface area contributed by atoms with Crippen LogP contribution < -0.4 is 4.74 Å². The molecule has 8 heteroatoms. The third-order valence-electron chi connectivity index (χ3n) is 4.10. The largest absolute Gasteiger partial charge is 0.497 e. The van der Waals surface area contributed by atoms with E-state index in [0.717, 1.165) is 22.7 Å². The normalized spacial score (nSPS) is 11.0. The first-order chi connectivity index (χ1) is 12.2. The second kappa shape index (κ2) is 5.90. The molecular formula is C17H16N6O2. The van der Waals surface area contributed by atoms with Crippen LogP contribution in [0.25, 0.3) is 28.5 Å². The van der Waals surface area contributed by atoms with Gasteiger partial charge in [-0.3, -0.25) is 4.68 Å². The molecule has 4 aromatic rings. The number of ether oxygens (including phenoxy) is 1. The third kappa shape index (κ3) is 2.57. The van der Waals surface area contributed by atoms with Gasteiger partial charge in [0, 0.05) is 18.8 Å². The minimum atomic E-state index is 0.599. The average molecular weight is 336 g/mol. The monoisotopic (exact) mass is 336 g/mol. The zero-order valence-corrected chi connectivity index (χ0v) is 14.0. The van der Waals surface area contributed by atoms with Gasteiger partial charge in [-0.25, -0.2) is 9.67 Å². The van der Waals surface area contributed by atoms with Crippen molar-refractivity contribution in [2.45, 2.75) is 6.92 Å². The molecule has 0 saturated heterocycles. The number of rotatable bonds is 4. The number of aromatic nitrogens is 6. The molecule has 0 aliphatic carbocycles. The molecule has 0 amide bonds. The Kier molecular flexibility index (Phi) is 3.57. The third-order valence-corrected chi connectivity index (χ3v) is 4.10. The molecule has 0 saturated carbocycles. The summed E-state index contributed by atoms with van der Waals surface area (Å²) in [6, 6.07) is 9.39. The fraction of sp³-hybridized carbons (Fsp3) is 0.176. The Morgan fingerprint density at radius 1 is 1.12 bits per heavy atom. The number of benzene rings is 1. The van der Waals surface area contributed by atoms with Gasteiger partial charge in [0.1, 0.15) is 12.1 Å². The highest BCUT2D eigenvalue weighted by atomic mass is 16.5. The van der Waals surface area contributed by atoms with E-state index in [1.54, 1.807) is 22.7 Å². The van der Waals surface area contributed by atoms with Gasteiger partial charge in [-0.2, -0.15) is 10.2 Å². The van der Waals surface area contributed by atoms with E-state index in [0.29, 0.717) is 17.3 Å².